The molecule has 2 heterocycles. The van der Waals surface area contributed by atoms with Gasteiger partial charge in [0.15, 0.2) is 0 Å². The highest BCUT2D eigenvalue weighted by atomic mass is 35.5. The van der Waals surface area contributed by atoms with Gasteiger partial charge in [0.1, 0.15) is 17.3 Å². The molecule has 0 radical (unpaired) electrons. The topological polar surface area (TPSA) is 60.9 Å². The van der Waals surface area contributed by atoms with E-state index in [0.717, 1.165) is 0 Å². The van der Waals surface area contributed by atoms with Gasteiger partial charge in [0.05, 0.1) is 23.3 Å². The van der Waals surface area contributed by atoms with Gasteiger partial charge in [-0.1, -0.05) is 17.3 Å². The number of rotatable bonds is 3. The van der Waals surface area contributed by atoms with Crippen molar-refractivity contribution in [3.8, 4) is 0 Å². The molecule has 0 aliphatic carbocycles. The molecule has 3 aromatic rings. The van der Waals surface area contributed by atoms with Gasteiger partial charge in [-0.3, -0.25) is 9.36 Å². The minimum Gasteiger partial charge on any atom is -0.361 e. The molecule has 0 bridgehead atoms. The molecule has 3 rings (SSSR count). The predicted molar refractivity (Wildman–Crippen MR) is 75.9 cm³/mol. The van der Waals surface area contributed by atoms with E-state index >= 15 is 0 Å². The Morgan fingerprint density at radius 3 is 2.85 bits per heavy atom. The largest absolute Gasteiger partial charge is 0.361 e. The maximum Gasteiger partial charge on any atom is 0.261 e. The third-order valence-electron chi connectivity index (χ3n) is 3.06. The van der Waals surface area contributed by atoms with E-state index in [1.807, 2.05) is 12.1 Å². The highest BCUT2D eigenvalue weighted by molar-refractivity contribution is 6.16. The Hall–Kier alpha value is -2.14. The van der Waals surface area contributed by atoms with Gasteiger partial charge in [-0.05, 0) is 19.1 Å². The average molecular weight is 290 g/mol. The summed E-state index contributed by atoms with van der Waals surface area (Å²) in [7, 11) is 0. The van der Waals surface area contributed by atoms with Crippen LogP contribution in [-0.2, 0) is 12.4 Å². The van der Waals surface area contributed by atoms with Crippen LogP contribution in [0.15, 0.2) is 39.6 Å². The molecule has 102 valence electrons. The molecule has 0 aliphatic rings. The second-order valence-electron chi connectivity index (χ2n) is 4.50. The Morgan fingerprint density at radius 1 is 1.35 bits per heavy atom. The number of fused-ring (bicyclic) bond motifs is 1. The average Bonchev–Trinajstić information content (AvgIpc) is 2.87. The fourth-order valence-corrected chi connectivity index (χ4v) is 2.34. The molecule has 0 unspecified atom stereocenters. The zero-order chi connectivity index (χ0) is 14.1. The van der Waals surface area contributed by atoms with E-state index in [1.165, 1.54) is 4.57 Å². The highest BCUT2D eigenvalue weighted by Crippen LogP contribution is 2.11. The first-order chi connectivity index (χ1) is 9.69. The number of benzene rings is 1. The molecule has 0 amide bonds. The number of alkyl halides is 1. The summed E-state index contributed by atoms with van der Waals surface area (Å²) in [6.45, 7) is 2.11. The van der Waals surface area contributed by atoms with E-state index in [1.54, 1.807) is 25.1 Å². The number of aryl methyl sites for hydroxylation is 1. The summed E-state index contributed by atoms with van der Waals surface area (Å²) in [6, 6.07) is 9.01. The third kappa shape index (κ3) is 2.20. The smallest absolute Gasteiger partial charge is 0.261 e. The summed E-state index contributed by atoms with van der Waals surface area (Å²) in [4.78, 5) is 17.0. The Balaban J connectivity index is 2.18. The van der Waals surface area contributed by atoms with E-state index in [-0.39, 0.29) is 11.4 Å². The monoisotopic (exact) mass is 289 g/mol. The van der Waals surface area contributed by atoms with Crippen molar-refractivity contribution in [1.82, 2.24) is 14.7 Å². The zero-order valence-corrected chi connectivity index (χ0v) is 11.6. The summed E-state index contributed by atoms with van der Waals surface area (Å²) >= 11 is 5.91. The molecule has 0 fully saturated rings. The fourth-order valence-electron chi connectivity index (χ4n) is 2.13. The predicted octanol–water partition coefficient (Wildman–Crippen LogP) is 2.48. The maximum atomic E-state index is 12.5. The lowest BCUT2D eigenvalue weighted by Gasteiger charge is -2.10. The van der Waals surface area contributed by atoms with Gasteiger partial charge in [-0.25, -0.2) is 4.98 Å². The molecule has 6 heteroatoms. The summed E-state index contributed by atoms with van der Waals surface area (Å²) in [6.07, 6.45) is 0. The minimum atomic E-state index is -0.119. The normalized spacial score (nSPS) is 11.1. The first-order valence-corrected chi connectivity index (χ1v) is 6.69. The molecule has 0 aliphatic heterocycles. The lowest BCUT2D eigenvalue weighted by atomic mass is 10.2. The summed E-state index contributed by atoms with van der Waals surface area (Å²) < 4.78 is 6.55. The van der Waals surface area contributed by atoms with Crippen LogP contribution in [0.2, 0.25) is 0 Å². The third-order valence-corrected chi connectivity index (χ3v) is 3.30. The molecule has 0 atom stereocenters. The maximum absolute atomic E-state index is 12.5. The second kappa shape index (κ2) is 5.09. The number of hydrogen-bond acceptors (Lipinski definition) is 4. The molecule has 1 aromatic carbocycles. The molecule has 0 saturated heterocycles. The first kappa shape index (κ1) is 12.9. The van der Waals surface area contributed by atoms with E-state index in [4.69, 9.17) is 16.1 Å². The molecule has 5 nitrogen and oxygen atoms in total. The number of nitrogens with zero attached hydrogens (tertiary/aromatic N) is 3. The standard InChI is InChI=1S/C14H12ClN3O2/c1-9-6-10(17-20-9)8-18-13(7-15)16-12-5-3-2-4-11(12)14(18)19/h2-6H,7-8H2,1H3. The first-order valence-electron chi connectivity index (χ1n) is 6.15. The Bertz CT molecular complexity index is 823. The Labute approximate surface area is 119 Å². The van der Waals surface area contributed by atoms with Crippen molar-refractivity contribution in [1.29, 1.82) is 0 Å². The van der Waals surface area contributed by atoms with Gasteiger partial charge in [0.25, 0.3) is 5.56 Å². The lowest BCUT2D eigenvalue weighted by molar-refractivity contribution is 0.388. The Kier molecular flexibility index (Phi) is 3.28. The number of aromatic nitrogens is 3. The number of halogens is 1. The van der Waals surface area contributed by atoms with Crippen molar-refractivity contribution in [3.05, 3.63) is 58.0 Å². The van der Waals surface area contributed by atoms with E-state index < -0.39 is 0 Å². The Morgan fingerprint density at radius 2 is 2.15 bits per heavy atom. The van der Waals surface area contributed by atoms with E-state index in [2.05, 4.69) is 10.1 Å². The molecular weight excluding hydrogens is 278 g/mol. The van der Waals surface area contributed by atoms with Crippen LogP contribution in [-0.4, -0.2) is 14.7 Å². The molecule has 2 aromatic heterocycles. The SMILES string of the molecule is Cc1cc(Cn2c(CCl)nc3ccccc3c2=O)no1. The van der Waals surface area contributed by atoms with Crippen molar-refractivity contribution in [2.75, 3.05) is 0 Å². The van der Waals surface area contributed by atoms with Crippen LogP contribution in [0.4, 0.5) is 0 Å². The van der Waals surface area contributed by atoms with Gasteiger partial charge in [-0.2, -0.15) is 0 Å². The lowest BCUT2D eigenvalue weighted by Crippen LogP contribution is -2.25. The minimum absolute atomic E-state index is 0.119. The van der Waals surface area contributed by atoms with Crippen molar-refractivity contribution in [2.24, 2.45) is 0 Å². The summed E-state index contributed by atoms with van der Waals surface area (Å²) in [5.74, 6) is 1.39. The molecule has 0 spiro atoms. The van der Waals surface area contributed by atoms with Gasteiger partial charge < -0.3 is 4.52 Å². The molecule has 20 heavy (non-hydrogen) atoms. The fraction of sp³-hybridized carbons (Fsp3) is 0.214. The quantitative estimate of drug-likeness (QED) is 0.695. The van der Waals surface area contributed by atoms with Crippen LogP contribution in [0.5, 0.6) is 0 Å². The van der Waals surface area contributed by atoms with Crippen molar-refractivity contribution < 1.29 is 4.52 Å². The van der Waals surface area contributed by atoms with Crippen molar-refractivity contribution in [2.45, 2.75) is 19.3 Å². The summed E-state index contributed by atoms with van der Waals surface area (Å²) in [5, 5.41) is 4.47. The number of hydrogen-bond donors (Lipinski definition) is 0. The highest BCUT2D eigenvalue weighted by Gasteiger charge is 2.12. The number of para-hydroxylation sites is 1. The van der Waals surface area contributed by atoms with Crippen LogP contribution in [0, 0.1) is 6.92 Å². The molecular formula is C14H12ClN3O2. The van der Waals surface area contributed by atoms with Gasteiger partial charge >= 0.3 is 0 Å². The van der Waals surface area contributed by atoms with Crippen LogP contribution in [0.1, 0.15) is 17.3 Å². The molecule has 0 saturated carbocycles. The summed E-state index contributed by atoms with van der Waals surface area (Å²) in [5.41, 5.74) is 1.21. The van der Waals surface area contributed by atoms with Crippen LogP contribution in [0.3, 0.4) is 0 Å². The van der Waals surface area contributed by atoms with Gasteiger partial charge in [0, 0.05) is 6.07 Å². The molecule has 0 N–H and O–H groups in total. The van der Waals surface area contributed by atoms with E-state index in [9.17, 15) is 4.79 Å². The van der Waals surface area contributed by atoms with Gasteiger partial charge in [0.2, 0.25) is 0 Å². The zero-order valence-electron chi connectivity index (χ0n) is 10.8. The van der Waals surface area contributed by atoms with Crippen LogP contribution in [0.25, 0.3) is 10.9 Å². The van der Waals surface area contributed by atoms with Crippen LogP contribution >= 0.6 is 11.6 Å². The van der Waals surface area contributed by atoms with Crippen molar-refractivity contribution in [3.63, 3.8) is 0 Å². The van der Waals surface area contributed by atoms with E-state index in [0.29, 0.717) is 34.7 Å². The van der Waals surface area contributed by atoms with Crippen molar-refractivity contribution >= 4 is 22.5 Å². The van der Waals surface area contributed by atoms with Crippen LogP contribution < -0.4 is 5.56 Å². The van der Waals surface area contributed by atoms with Gasteiger partial charge in [-0.15, -0.1) is 11.6 Å². The second-order valence-corrected chi connectivity index (χ2v) is 4.77.